The number of furan rings is 1. The van der Waals surface area contributed by atoms with Crippen LogP contribution in [0.1, 0.15) is 17.9 Å². The second kappa shape index (κ2) is 5.67. The highest BCUT2D eigenvalue weighted by Gasteiger charge is 2.20. The summed E-state index contributed by atoms with van der Waals surface area (Å²) in [4.78, 5) is 4.68. The van der Waals surface area contributed by atoms with Crippen molar-refractivity contribution in [1.29, 1.82) is 0 Å². The van der Waals surface area contributed by atoms with Crippen molar-refractivity contribution in [3.63, 3.8) is 0 Å². The Morgan fingerprint density at radius 1 is 1.47 bits per heavy atom. The second-order valence-electron chi connectivity index (χ2n) is 5.14. The summed E-state index contributed by atoms with van der Waals surface area (Å²) in [5, 5.41) is 8.93. The molecule has 0 bridgehead atoms. The zero-order valence-corrected chi connectivity index (χ0v) is 10.7. The number of hydrogen-bond donors (Lipinski definition) is 1. The highest BCUT2D eigenvalue weighted by atomic mass is 16.4. The number of likely N-dealkylation sites (tertiary alicyclic amines) is 1. The first-order valence-corrected chi connectivity index (χ1v) is 6.23. The average Bonchev–Trinajstić information content (AvgIpc) is 2.88. The van der Waals surface area contributed by atoms with Crippen LogP contribution in [0.3, 0.4) is 0 Å². The van der Waals surface area contributed by atoms with E-state index in [0.717, 1.165) is 24.8 Å². The van der Waals surface area contributed by atoms with Gasteiger partial charge in [0.05, 0.1) is 6.54 Å². The van der Waals surface area contributed by atoms with Crippen LogP contribution in [0.15, 0.2) is 16.5 Å². The molecule has 1 aliphatic rings. The van der Waals surface area contributed by atoms with Crippen LogP contribution in [0.5, 0.6) is 0 Å². The summed E-state index contributed by atoms with van der Waals surface area (Å²) in [5.41, 5.74) is 0. The van der Waals surface area contributed by atoms with Crippen molar-refractivity contribution in [2.75, 3.05) is 33.7 Å². The Labute approximate surface area is 103 Å². The second-order valence-corrected chi connectivity index (χ2v) is 5.14. The predicted octanol–water partition coefficient (Wildman–Crippen LogP) is 1.16. The third-order valence-electron chi connectivity index (χ3n) is 3.36. The van der Waals surface area contributed by atoms with Crippen molar-refractivity contribution >= 4 is 0 Å². The Bertz CT molecular complexity index is 351. The van der Waals surface area contributed by atoms with Crippen LogP contribution in [-0.2, 0) is 13.2 Å². The van der Waals surface area contributed by atoms with Crippen LogP contribution < -0.4 is 0 Å². The molecule has 1 fully saturated rings. The van der Waals surface area contributed by atoms with E-state index in [9.17, 15) is 0 Å². The number of rotatable bonds is 5. The maximum absolute atomic E-state index is 8.93. The summed E-state index contributed by atoms with van der Waals surface area (Å²) in [6, 6.07) is 3.79. The third kappa shape index (κ3) is 3.56. The summed E-state index contributed by atoms with van der Waals surface area (Å²) < 4.78 is 5.49. The minimum atomic E-state index is -0.0167. The topological polar surface area (TPSA) is 39.9 Å². The van der Waals surface area contributed by atoms with Gasteiger partial charge in [0.15, 0.2) is 0 Å². The van der Waals surface area contributed by atoms with Crippen LogP contribution >= 0.6 is 0 Å². The van der Waals surface area contributed by atoms with Gasteiger partial charge in [0.2, 0.25) is 0 Å². The molecule has 0 aromatic carbocycles. The quantitative estimate of drug-likeness (QED) is 0.835. The SMILES string of the molecule is CN1CCC(CN(C)Cc2ccc(CO)o2)C1. The smallest absolute Gasteiger partial charge is 0.129 e. The predicted molar refractivity (Wildman–Crippen MR) is 66.6 cm³/mol. The molecule has 17 heavy (non-hydrogen) atoms. The van der Waals surface area contributed by atoms with E-state index in [2.05, 4.69) is 23.9 Å². The summed E-state index contributed by atoms with van der Waals surface area (Å²) in [7, 11) is 4.31. The minimum absolute atomic E-state index is 0.0167. The van der Waals surface area contributed by atoms with E-state index in [1.54, 1.807) is 0 Å². The fourth-order valence-electron chi connectivity index (χ4n) is 2.54. The average molecular weight is 238 g/mol. The van der Waals surface area contributed by atoms with Crippen molar-refractivity contribution < 1.29 is 9.52 Å². The zero-order chi connectivity index (χ0) is 12.3. The molecule has 0 radical (unpaired) electrons. The summed E-state index contributed by atoms with van der Waals surface area (Å²) in [6.45, 7) is 4.33. The number of nitrogens with zero attached hydrogens (tertiary/aromatic N) is 2. The number of aliphatic hydroxyl groups excluding tert-OH is 1. The van der Waals surface area contributed by atoms with E-state index < -0.39 is 0 Å². The zero-order valence-electron chi connectivity index (χ0n) is 10.7. The van der Waals surface area contributed by atoms with Crippen LogP contribution in [0, 0.1) is 5.92 Å². The third-order valence-corrected chi connectivity index (χ3v) is 3.36. The molecular formula is C13H22N2O2. The molecular weight excluding hydrogens is 216 g/mol. The maximum Gasteiger partial charge on any atom is 0.129 e. The Morgan fingerprint density at radius 3 is 2.82 bits per heavy atom. The van der Waals surface area contributed by atoms with Crippen molar-refractivity contribution in [2.45, 2.75) is 19.6 Å². The number of aliphatic hydroxyl groups is 1. The maximum atomic E-state index is 8.93. The van der Waals surface area contributed by atoms with Gasteiger partial charge in [0.25, 0.3) is 0 Å². The van der Waals surface area contributed by atoms with Gasteiger partial charge in [-0.1, -0.05) is 0 Å². The van der Waals surface area contributed by atoms with Gasteiger partial charge >= 0.3 is 0 Å². The monoisotopic (exact) mass is 238 g/mol. The fourth-order valence-corrected chi connectivity index (χ4v) is 2.54. The van der Waals surface area contributed by atoms with Crippen LogP contribution in [-0.4, -0.2) is 48.6 Å². The first-order chi connectivity index (χ1) is 8.17. The Balaban J connectivity index is 1.78. The minimum Gasteiger partial charge on any atom is -0.462 e. The first kappa shape index (κ1) is 12.6. The molecule has 1 N–H and O–H groups in total. The van der Waals surface area contributed by atoms with Crippen LogP contribution in [0.2, 0.25) is 0 Å². The molecule has 0 saturated carbocycles. The lowest BCUT2D eigenvalue weighted by Crippen LogP contribution is -2.26. The van der Waals surface area contributed by atoms with Gasteiger partial charge in [-0.25, -0.2) is 0 Å². The molecule has 1 unspecified atom stereocenters. The van der Waals surface area contributed by atoms with Crippen molar-refractivity contribution in [3.05, 3.63) is 23.7 Å². The van der Waals surface area contributed by atoms with Crippen molar-refractivity contribution in [2.24, 2.45) is 5.92 Å². The molecule has 2 heterocycles. The van der Waals surface area contributed by atoms with E-state index in [4.69, 9.17) is 9.52 Å². The van der Waals surface area contributed by atoms with E-state index in [0.29, 0.717) is 5.76 Å². The first-order valence-electron chi connectivity index (χ1n) is 6.23. The molecule has 0 aliphatic carbocycles. The molecule has 1 aromatic rings. The van der Waals surface area contributed by atoms with Crippen molar-refractivity contribution in [1.82, 2.24) is 9.80 Å². The highest BCUT2D eigenvalue weighted by Crippen LogP contribution is 2.17. The van der Waals surface area contributed by atoms with Gasteiger partial charge < -0.3 is 14.4 Å². The largest absolute Gasteiger partial charge is 0.462 e. The van der Waals surface area contributed by atoms with Gasteiger partial charge in [0.1, 0.15) is 18.1 Å². The molecule has 0 spiro atoms. The van der Waals surface area contributed by atoms with E-state index in [1.807, 2.05) is 12.1 Å². The van der Waals surface area contributed by atoms with Crippen molar-refractivity contribution in [3.8, 4) is 0 Å². The lowest BCUT2D eigenvalue weighted by Gasteiger charge is -2.19. The molecule has 4 nitrogen and oxygen atoms in total. The molecule has 1 aromatic heterocycles. The lowest BCUT2D eigenvalue weighted by atomic mass is 10.1. The molecule has 1 aliphatic heterocycles. The molecule has 0 amide bonds. The van der Waals surface area contributed by atoms with Gasteiger partial charge in [-0.05, 0) is 45.1 Å². The highest BCUT2D eigenvalue weighted by molar-refractivity contribution is 5.06. The molecule has 4 heteroatoms. The Morgan fingerprint density at radius 2 is 2.24 bits per heavy atom. The van der Waals surface area contributed by atoms with E-state index in [1.165, 1.54) is 19.5 Å². The van der Waals surface area contributed by atoms with Gasteiger partial charge in [0, 0.05) is 13.1 Å². The van der Waals surface area contributed by atoms with Crippen LogP contribution in [0.25, 0.3) is 0 Å². The number of hydrogen-bond acceptors (Lipinski definition) is 4. The fraction of sp³-hybridized carbons (Fsp3) is 0.692. The molecule has 96 valence electrons. The summed E-state index contributed by atoms with van der Waals surface area (Å²) in [5.74, 6) is 2.36. The van der Waals surface area contributed by atoms with Gasteiger partial charge in [-0.2, -0.15) is 0 Å². The Kier molecular flexibility index (Phi) is 4.20. The molecule has 2 rings (SSSR count). The van der Waals surface area contributed by atoms with Gasteiger partial charge in [-0.15, -0.1) is 0 Å². The molecule has 1 saturated heterocycles. The Hall–Kier alpha value is -0.840. The normalized spacial score (nSPS) is 21.5. The lowest BCUT2D eigenvalue weighted by molar-refractivity contribution is 0.222. The van der Waals surface area contributed by atoms with Crippen LogP contribution in [0.4, 0.5) is 0 Å². The van der Waals surface area contributed by atoms with E-state index >= 15 is 0 Å². The summed E-state index contributed by atoms with van der Waals surface area (Å²) >= 11 is 0. The molecule has 1 atom stereocenters. The summed E-state index contributed by atoms with van der Waals surface area (Å²) in [6.07, 6.45) is 1.29. The van der Waals surface area contributed by atoms with Gasteiger partial charge in [-0.3, -0.25) is 4.90 Å². The van der Waals surface area contributed by atoms with E-state index in [-0.39, 0.29) is 6.61 Å². The standard InChI is InChI=1S/C13H22N2O2/c1-14-6-5-11(7-14)8-15(2)9-12-3-4-13(10-16)17-12/h3-4,11,16H,5-10H2,1-2H3.